The summed E-state index contributed by atoms with van der Waals surface area (Å²) < 4.78 is 0. The molecule has 0 radical (unpaired) electrons. The van der Waals surface area contributed by atoms with E-state index in [1.54, 1.807) is 0 Å². The number of nitrogens with zero attached hydrogens (tertiary/aromatic N) is 1. The van der Waals surface area contributed by atoms with Gasteiger partial charge in [0.15, 0.2) is 0 Å². The lowest BCUT2D eigenvalue weighted by Crippen LogP contribution is -2.27. The largest absolute Gasteiger partial charge is 0.381 e. The molecule has 2 nitrogen and oxygen atoms in total. The quantitative estimate of drug-likeness (QED) is 0.732. The lowest BCUT2D eigenvalue weighted by Gasteiger charge is -2.23. The van der Waals surface area contributed by atoms with Gasteiger partial charge in [0, 0.05) is 42.8 Å². The number of nitrogens with one attached hydrogen (secondary N) is 1. The van der Waals surface area contributed by atoms with Crippen molar-refractivity contribution >= 4 is 28.9 Å². The van der Waals surface area contributed by atoms with Gasteiger partial charge in [-0.25, -0.2) is 0 Å². The Balaban J connectivity index is 1.92. The summed E-state index contributed by atoms with van der Waals surface area (Å²) in [4.78, 5) is 2.21. The fraction of sp³-hybridized carbons (Fsp3) is 0.375. The summed E-state index contributed by atoms with van der Waals surface area (Å²) in [7, 11) is 0. The maximum Gasteiger partial charge on any atom is 0.0400 e. The molecule has 4 heteroatoms. The molecule has 0 aliphatic heterocycles. The highest BCUT2D eigenvalue weighted by molar-refractivity contribution is 6.18. The summed E-state index contributed by atoms with van der Waals surface area (Å²) in [5, 5.41) is 3.42. The standard InChI is InChI=1S/C16H20Cl2N2/c17-9-11-20(12-10-18)16-7-5-14(6-8-16)13-19-15-3-1-2-4-15/h1,3-8,19H,2,9-13H2. The number of anilines is 1. The molecule has 1 N–H and O–H groups in total. The summed E-state index contributed by atoms with van der Waals surface area (Å²) in [6.45, 7) is 2.49. The highest BCUT2D eigenvalue weighted by Gasteiger charge is 2.05. The summed E-state index contributed by atoms with van der Waals surface area (Å²) in [6.07, 6.45) is 7.50. The molecule has 0 saturated heterocycles. The van der Waals surface area contributed by atoms with Crippen molar-refractivity contribution in [1.29, 1.82) is 0 Å². The number of alkyl halides is 2. The van der Waals surface area contributed by atoms with E-state index in [0.717, 1.165) is 26.1 Å². The predicted molar refractivity (Wildman–Crippen MR) is 88.8 cm³/mol. The summed E-state index contributed by atoms with van der Waals surface area (Å²) in [6, 6.07) is 8.57. The minimum absolute atomic E-state index is 0.612. The number of hydrogen-bond donors (Lipinski definition) is 1. The zero-order chi connectivity index (χ0) is 14.2. The maximum absolute atomic E-state index is 5.83. The van der Waals surface area contributed by atoms with Crippen LogP contribution < -0.4 is 10.2 Å². The number of benzene rings is 1. The molecule has 0 fully saturated rings. The van der Waals surface area contributed by atoms with Gasteiger partial charge < -0.3 is 10.2 Å². The van der Waals surface area contributed by atoms with Crippen molar-refractivity contribution in [3.8, 4) is 0 Å². The Morgan fingerprint density at radius 2 is 1.75 bits per heavy atom. The van der Waals surface area contributed by atoms with Gasteiger partial charge in [0.2, 0.25) is 0 Å². The molecule has 0 heterocycles. The van der Waals surface area contributed by atoms with Crippen molar-refractivity contribution in [2.24, 2.45) is 0 Å². The van der Waals surface area contributed by atoms with Crippen LogP contribution in [0.5, 0.6) is 0 Å². The van der Waals surface area contributed by atoms with Crippen LogP contribution >= 0.6 is 23.2 Å². The molecule has 0 amide bonds. The van der Waals surface area contributed by atoms with Crippen LogP contribution in [-0.4, -0.2) is 24.8 Å². The van der Waals surface area contributed by atoms with Gasteiger partial charge in [0.05, 0.1) is 0 Å². The lowest BCUT2D eigenvalue weighted by molar-refractivity contribution is 0.831. The molecule has 0 unspecified atom stereocenters. The Morgan fingerprint density at radius 3 is 2.30 bits per heavy atom. The minimum atomic E-state index is 0.612. The predicted octanol–water partition coefficient (Wildman–Crippen LogP) is 3.90. The van der Waals surface area contributed by atoms with E-state index in [4.69, 9.17) is 23.2 Å². The molecule has 20 heavy (non-hydrogen) atoms. The summed E-state index contributed by atoms with van der Waals surface area (Å²) in [5.74, 6) is 1.22. The SMILES string of the molecule is ClCCN(CCCl)c1ccc(CNC2=CCC=C2)cc1. The second-order valence-electron chi connectivity index (χ2n) is 4.68. The smallest absolute Gasteiger partial charge is 0.0400 e. The van der Waals surface area contributed by atoms with Gasteiger partial charge in [-0.2, -0.15) is 0 Å². The molecular weight excluding hydrogens is 291 g/mol. The van der Waals surface area contributed by atoms with Gasteiger partial charge in [0.25, 0.3) is 0 Å². The molecule has 1 aliphatic carbocycles. The van der Waals surface area contributed by atoms with E-state index in [0.29, 0.717) is 11.8 Å². The Morgan fingerprint density at radius 1 is 1.05 bits per heavy atom. The van der Waals surface area contributed by atoms with Gasteiger partial charge in [0.1, 0.15) is 0 Å². The molecule has 0 bridgehead atoms. The first-order chi connectivity index (χ1) is 9.83. The van der Waals surface area contributed by atoms with Crippen LogP contribution in [0.15, 0.2) is 48.2 Å². The average molecular weight is 311 g/mol. The van der Waals surface area contributed by atoms with Crippen molar-refractivity contribution in [1.82, 2.24) is 5.32 Å². The topological polar surface area (TPSA) is 15.3 Å². The lowest BCUT2D eigenvalue weighted by atomic mass is 10.2. The van der Waals surface area contributed by atoms with Crippen LogP contribution in [0.3, 0.4) is 0 Å². The van der Waals surface area contributed by atoms with Crippen molar-refractivity contribution in [2.45, 2.75) is 13.0 Å². The van der Waals surface area contributed by atoms with Crippen molar-refractivity contribution < 1.29 is 0 Å². The molecule has 0 aromatic heterocycles. The number of allylic oxidation sites excluding steroid dienone is 3. The zero-order valence-corrected chi connectivity index (χ0v) is 13.0. The van der Waals surface area contributed by atoms with Crippen LogP contribution in [0.1, 0.15) is 12.0 Å². The molecule has 0 atom stereocenters. The first kappa shape index (κ1) is 15.3. The van der Waals surface area contributed by atoms with E-state index in [1.807, 2.05) is 0 Å². The fourth-order valence-electron chi connectivity index (χ4n) is 2.19. The second kappa shape index (κ2) is 8.23. The van der Waals surface area contributed by atoms with Gasteiger partial charge in [-0.05, 0) is 30.2 Å². The summed E-state index contributed by atoms with van der Waals surface area (Å²) in [5.41, 5.74) is 3.65. The Hall–Kier alpha value is -1.12. The highest BCUT2D eigenvalue weighted by atomic mass is 35.5. The van der Waals surface area contributed by atoms with Gasteiger partial charge in [-0.3, -0.25) is 0 Å². The molecule has 0 saturated carbocycles. The number of rotatable bonds is 8. The van der Waals surface area contributed by atoms with E-state index in [1.165, 1.54) is 16.9 Å². The maximum atomic E-state index is 5.83. The van der Waals surface area contributed by atoms with Gasteiger partial charge in [-0.15, -0.1) is 23.2 Å². The second-order valence-corrected chi connectivity index (χ2v) is 5.44. The van der Waals surface area contributed by atoms with Crippen molar-refractivity contribution in [3.05, 3.63) is 53.8 Å². The van der Waals surface area contributed by atoms with Crippen LogP contribution in [0.25, 0.3) is 0 Å². The molecule has 1 aliphatic rings. The van der Waals surface area contributed by atoms with E-state index < -0.39 is 0 Å². The fourth-order valence-corrected chi connectivity index (χ4v) is 2.60. The zero-order valence-electron chi connectivity index (χ0n) is 11.5. The van der Waals surface area contributed by atoms with Gasteiger partial charge >= 0.3 is 0 Å². The monoisotopic (exact) mass is 310 g/mol. The number of hydrogen-bond acceptors (Lipinski definition) is 2. The minimum Gasteiger partial charge on any atom is -0.381 e. The van der Waals surface area contributed by atoms with Crippen LogP contribution in [0.2, 0.25) is 0 Å². The Bertz CT molecular complexity index is 460. The summed E-state index contributed by atoms with van der Waals surface area (Å²) >= 11 is 11.7. The van der Waals surface area contributed by atoms with E-state index in [-0.39, 0.29) is 0 Å². The van der Waals surface area contributed by atoms with E-state index in [9.17, 15) is 0 Å². The third-order valence-electron chi connectivity index (χ3n) is 3.28. The number of halogens is 2. The molecule has 1 aromatic carbocycles. The Labute approximate surface area is 131 Å². The van der Waals surface area contributed by atoms with Crippen LogP contribution in [-0.2, 0) is 6.54 Å². The van der Waals surface area contributed by atoms with Crippen LogP contribution in [0, 0.1) is 0 Å². The molecule has 0 spiro atoms. The first-order valence-corrected chi connectivity index (χ1v) is 7.97. The van der Waals surface area contributed by atoms with E-state index >= 15 is 0 Å². The van der Waals surface area contributed by atoms with Gasteiger partial charge in [-0.1, -0.05) is 24.3 Å². The van der Waals surface area contributed by atoms with Crippen molar-refractivity contribution in [3.63, 3.8) is 0 Å². The molecule has 108 valence electrons. The molecular formula is C16H20Cl2N2. The Kier molecular flexibility index (Phi) is 6.28. The van der Waals surface area contributed by atoms with E-state index in [2.05, 4.69) is 52.7 Å². The third kappa shape index (κ3) is 4.46. The van der Waals surface area contributed by atoms with Crippen LogP contribution in [0.4, 0.5) is 5.69 Å². The normalized spacial score (nSPS) is 13.4. The highest BCUT2D eigenvalue weighted by Crippen LogP contribution is 2.16. The third-order valence-corrected chi connectivity index (χ3v) is 3.62. The molecule has 1 aromatic rings. The van der Waals surface area contributed by atoms with Crippen molar-refractivity contribution in [2.75, 3.05) is 29.7 Å². The first-order valence-electron chi connectivity index (χ1n) is 6.90. The molecule has 2 rings (SSSR count). The average Bonchev–Trinajstić information content (AvgIpc) is 2.99.